The molecule has 5 heteroatoms. The van der Waals surface area contributed by atoms with Gasteiger partial charge in [0.2, 0.25) is 0 Å². The van der Waals surface area contributed by atoms with Crippen LogP contribution in [0.25, 0.3) is 0 Å². The number of ether oxygens (including phenoxy) is 3. The number of methoxy groups -OCH3 is 1. The Labute approximate surface area is 128 Å². The Morgan fingerprint density at radius 1 is 1.19 bits per heavy atom. The fourth-order valence-corrected chi connectivity index (χ4v) is 2.72. The first-order chi connectivity index (χ1) is 9.84. The van der Waals surface area contributed by atoms with Crippen LogP contribution in [0.3, 0.4) is 0 Å². The third kappa shape index (κ3) is 7.25. The van der Waals surface area contributed by atoms with Gasteiger partial charge in [0.1, 0.15) is 0 Å². The molecule has 1 N–H and O–H groups in total. The van der Waals surface area contributed by atoms with Gasteiger partial charge in [-0.2, -0.15) is 0 Å². The molecule has 0 saturated carbocycles. The second-order valence-electron chi connectivity index (χ2n) is 6.31. The van der Waals surface area contributed by atoms with Gasteiger partial charge < -0.3 is 19.3 Å². The van der Waals surface area contributed by atoms with Crippen molar-refractivity contribution in [3.8, 4) is 0 Å². The van der Waals surface area contributed by atoms with Crippen LogP contribution in [-0.4, -0.2) is 42.3 Å². The molecule has 1 fully saturated rings. The Bertz CT molecular complexity index is 314. The fourth-order valence-electron chi connectivity index (χ4n) is 2.72. The van der Waals surface area contributed by atoms with Gasteiger partial charge in [-0.1, -0.05) is 19.3 Å². The lowest BCUT2D eigenvalue weighted by Gasteiger charge is -2.16. The standard InChI is InChI=1S/C16H30O5/c1-12(17)8-6-5-7-9-13-14(10-11-15(18)19-4)21-16(2,3)20-13/h12-14,17H,5-11H2,1-4H3/t12-,13-,14-/m1/s1. The lowest BCUT2D eigenvalue weighted by molar-refractivity contribution is -0.150. The lowest BCUT2D eigenvalue weighted by Crippen LogP contribution is -2.23. The maximum absolute atomic E-state index is 11.3. The second kappa shape index (κ2) is 8.71. The molecule has 0 radical (unpaired) electrons. The number of esters is 1. The Balaban J connectivity index is 2.32. The SMILES string of the molecule is COC(=O)CC[C@H]1OC(C)(C)O[C@@H]1CCCCC[C@@H](C)O. The number of hydrogen-bond acceptors (Lipinski definition) is 5. The van der Waals surface area contributed by atoms with Crippen molar-refractivity contribution in [2.45, 2.75) is 89.8 Å². The van der Waals surface area contributed by atoms with Gasteiger partial charge in [-0.25, -0.2) is 0 Å². The molecule has 1 aliphatic rings. The number of aliphatic hydroxyl groups is 1. The third-order valence-corrected chi connectivity index (χ3v) is 3.76. The van der Waals surface area contributed by atoms with E-state index in [2.05, 4.69) is 4.74 Å². The van der Waals surface area contributed by atoms with E-state index >= 15 is 0 Å². The van der Waals surface area contributed by atoms with Crippen LogP contribution < -0.4 is 0 Å². The summed E-state index contributed by atoms with van der Waals surface area (Å²) in [5.74, 6) is -0.788. The minimum atomic E-state index is -0.578. The number of rotatable bonds is 9. The zero-order valence-corrected chi connectivity index (χ0v) is 13.8. The third-order valence-electron chi connectivity index (χ3n) is 3.76. The van der Waals surface area contributed by atoms with Crippen molar-refractivity contribution in [2.24, 2.45) is 0 Å². The average molecular weight is 302 g/mol. The van der Waals surface area contributed by atoms with Crippen LogP contribution in [0.2, 0.25) is 0 Å². The molecule has 124 valence electrons. The lowest BCUT2D eigenvalue weighted by atomic mass is 10.0. The average Bonchev–Trinajstić information content (AvgIpc) is 2.69. The maximum atomic E-state index is 11.3. The maximum Gasteiger partial charge on any atom is 0.305 e. The molecule has 3 atom stereocenters. The molecular formula is C16H30O5. The Kier molecular flexibility index (Phi) is 7.63. The molecule has 1 aliphatic heterocycles. The van der Waals surface area contributed by atoms with E-state index in [9.17, 15) is 9.90 Å². The van der Waals surface area contributed by atoms with Crippen LogP contribution in [-0.2, 0) is 19.0 Å². The van der Waals surface area contributed by atoms with Crippen molar-refractivity contribution in [1.82, 2.24) is 0 Å². The first-order valence-electron chi connectivity index (χ1n) is 7.94. The summed E-state index contributed by atoms with van der Waals surface area (Å²) < 4.78 is 16.5. The van der Waals surface area contributed by atoms with Crippen LogP contribution >= 0.6 is 0 Å². The molecule has 0 unspecified atom stereocenters. The largest absolute Gasteiger partial charge is 0.469 e. The molecular weight excluding hydrogens is 272 g/mol. The van der Waals surface area contributed by atoms with Crippen LogP contribution in [0, 0.1) is 0 Å². The summed E-state index contributed by atoms with van der Waals surface area (Å²) in [5.41, 5.74) is 0. The van der Waals surface area contributed by atoms with Crippen LogP contribution in [0.1, 0.15) is 65.7 Å². The first kappa shape index (κ1) is 18.4. The van der Waals surface area contributed by atoms with E-state index in [1.807, 2.05) is 20.8 Å². The van der Waals surface area contributed by atoms with Gasteiger partial charge in [-0.05, 0) is 40.0 Å². The molecule has 1 rings (SSSR count). The number of unbranched alkanes of at least 4 members (excludes halogenated alkanes) is 2. The molecule has 5 nitrogen and oxygen atoms in total. The summed E-state index contributed by atoms with van der Waals surface area (Å²) in [5, 5.41) is 9.23. The summed E-state index contributed by atoms with van der Waals surface area (Å²) >= 11 is 0. The normalized spacial score (nSPS) is 25.8. The topological polar surface area (TPSA) is 65.0 Å². The van der Waals surface area contributed by atoms with Crippen molar-refractivity contribution in [3.63, 3.8) is 0 Å². The number of carbonyl (C=O) groups is 1. The predicted molar refractivity (Wildman–Crippen MR) is 79.8 cm³/mol. The highest BCUT2D eigenvalue weighted by Crippen LogP contribution is 2.33. The van der Waals surface area contributed by atoms with E-state index in [1.54, 1.807) is 0 Å². The van der Waals surface area contributed by atoms with E-state index in [-0.39, 0.29) is 24.3 Å². The summed E-state index contributed by atoms with van der Waals surface area (Å²) in [4.78, 5) is 11.3. The Morgan fingerprint density at radius 2 is 1.81 bits per heavy atom. The molecule has 0 bridgehead atoms. The highest BCUT2D eigenvalue weighted by molar-refractivity contribution is 5.69. The highest BCUT2D eigenvalue weighted by atomic mass is 16.7. The van der Waals surface area contributed by atoms with E-state index < -0.39 is 5.79 Å². The summed E-state index contributed by atoms with van der Waals surface area (Å²) in [7, 11) is 1.40. The van der Waals surface area contributed by atoms with Crippen molar-refractivity contribution < 1.29 is 24.1 Å². The smallest absolute Gasteiger partial charge is 0.305 e. The summed E-state index contributed by atoms with van der Waals surface area (Å²) in [6.45, 7) is 5.64. The van der Waals surface area contributed by atoms with Gasteiger partial charge in [0, 0.05) is 6.42 Å². The molecule has 1 saturated heterocycles. The zero-order valence-electron chi connectivity index (χ0n) is 13.8. The van der Waals surface area contributed by atoms with Crippen molar-refractivity contribution in [3.05, 3.63) is 0 Å². The fraction of sp³-hybridized carbons (Fsp3) is 0.938. The molecule has 0 amide bonds. The van der Waals surface area contributed by atoms with E-state index in [0.717, 1.165) is 32.1 Å². The van der Waals surface area contributed by atoms with Crippen molar-refractivity contribution in [2.75, 3.05) is 7.11 Å². The zero-order chi connectivity index (χ0) is 15.9. The first-order valence-corrected chi connectivity index (χ1v) is 7.94. The van der Waals surface area contributed by atoms with Crippen molar-refractivity contribution in [1.29, 1.82) is 0 Å². The molecule has 0 aromatic heterocycles. The van der Waals surface area contributed by atoms with Gasteiger partial charge in [0.25, 0.3) is 0 Å². The predicted octanol–water partition coefficient (Wildman–Crippen LogP) is 2.79. The quantitative estimate of drug-likeness (QED) is 0.524. The van der Waals surface area contributed by atoms with Gasteiger partial charge in [0.05, 0.1) is 25.4 Å². The van der Waals surface area contributed by atoms with E-state index in [1.165, 1.54) is 7.11 Å². The number of hydrogen-bond donors (Lipinski definition) is 1. The molecule has 0 aromatic carbocycles. The Hall–Kier alpha value is -0.650. The molecule has 1 heterocycles. The van der Waals surface area contributed by atoms with Crippen LogP contribution in [0.4, 0.5) is 0 Å². The van der Waals surface area contributed by atoms with Gasteiger partial charge in [-0.15, -0.1) is 0 Å². The number of carbonyl (C=O) groups excluding carboxylic acids is 1. The van der Waals surface area contributed by atoms with Gasteiger partial charge >= 0.3 is 5.97 Å². The molecule has 0 aromatic rings. The van der Waals surface area contributed by atoms with Crippen molar-refractivity contribution >= 4 is 5.97 Å². The monoisotopic (exact) mass is 302 g/mol. The summed E-state index contributed by atoms with van der Waals surface area (Å²) in [6.07, 6.45) is 5.69. The minimum Gasteiger partial charge on any atom is -0.469 e. The second-order valence-corrected chi connectivity index (χ2v) is 6.31. The molecule has 0 aliphatic carbocycles. The molecule has 21 heavy (non-hydrogen) atoms. The highest BCUT2D eigenvalue weighted by Gasteiger charge is 2.40. The summed E-state index contributed by atoms with van der Waals surface area (Å²) in [6, 6.07) is 0. The van der Waals surface area contributed by atoms with E-state index in [0.29, 0.717) is 12.8 Å². The molecule has 0 spiro atoms. The van der Waals surface area contributed by atoms with Crippen LogP contribution in [0.5, 0.6) is 0 Å². The minimum absolute atomic E-state index is 0.0382. The van der Waals surface area contributed by atoms with E-state index in [4.69, 9.17) is 9.47 Å². The van der Waals surface area contributed by atoms with Gasteiger partial charge in [-0.3, -0.25) is 4.79 Å². The van der Waals surface area contributed by atoms with Crippen LogP contribution in [0.15, 0.2) is 0 Å². The number of aliphatic hydroxyl groups excluding tert-OH is 1. The van der Waals surface area contributed by atoms with Gasteiger partial charge in [0.15, 0.2) is 5.79 Å². The Morgan fingerprint density at radius 3 is 2.38 bits per heavy atom.